The van der Waals surface area contributed by atoms with Gasteiger partial charge in [0, 0.05) is 19.7 Å². The van der Waals surface area contributed by atoms with Crippen molar-refractivity contribution in [3.8, 4) is 0 Å². The van der Waals surface area contributed by atoms with Crippen LogP contribution in [0.3, 0.4) is 0 Å². The largest absolute Gasteiger partial charge is 0.392 e. The van der Waals surface area contributed by atoms with Crippen molar-refractivity contribution < 1.29 is 9.84 Å². The molecule has 1 N–H and O–H groups in total. The molecule has 3 heteroatoms. The van der Waals surface area contributed by atoms with Crippen LogP contribution in [-0.4, -0.2) is 49.5 Å². The molecule has 0 aliphatic heterocycles. The van der Waals surface area contributed by atoms with Gasteiger partial charge >= 0.3 is 0 Å². The topological polar surface area (TPSA) is 32.7 Å². The van der Waals surface area contributed by atoms with Gasteiger partial charge in [-0.25, -0.2) is 0 Å². The summed E-state index contributed by atoms with van der Waals surface area (Å²) in [6, 6.07) is 0. The third-order valence-electron chi connectivity index (χ3n) is 4.11. The molecule has 2 rings (SSSR count). The number of hydrogen-bond donors (Lipinski definition) is 1. The van der Waals surface area contributed by atoms with E-state index >= 15 is 0 Å². The molecule has 17 heavy (non-hydrogen) atoms. The molecular formula is C14H27NO2. The summed E-state index contributed by atoms with van der Waals surface area (Å²) < 4.78 is 5.61. The van der Waals surface area contributed by atoms with E-state index < -0.39 is 0 Å². The van der Waals surface area contributed by atoms with E-state index in [9.17, 15) is 5.11 Å². The molecule has 0 aromatic carbocycles. The number of nitrogens with zero attached hydrogens (tertiary/aromatic N) is 1. The Hall–Kier alpha value is -0.120. The Morgan fingerprint density at radius 1 is 1.24 bits per heavy atom. The van der Waals surface area contributed by atoms with Gasteiger partial charge in [0.05, 0.1) is 12.7 Å². The van der Waals surface area contributed by atoms with Gasteiger partial charge in [0.25, 0.3) is 0 Å². The van der Waals surface area contributed by atoms with E-state index in [-0.39, 0.29) is 6.10 Å². The van der Waals surface area contributed by atoms with E-state index in [0.717, 1.165) is 32.2 Å². The summed E-state index contributed by atoms with van der Waals surface area (Å²) in [5.41, 5.74) is 0. The number of hydrogen-bond acceptors (Lipinski definition) is 3. The molecule has 0 radical (unpaired) electrons. The zero-order valence-corrected chi connectivity index (χ0v) is 11.1. The van der Waals surface area contributed by atoms with Gasteiger partial charge in [-0.3, -0.25) is 0 Å². The molecule has 2 fully saturated rings. The highest BCUT2D eigenvalue weighted by Gasteiger charge is 2.24. The third-order valence-corrected chi connectivity index (χ3v) is 4.11. The van der Waals surface area contributed by atoms with Crippen molar-refractivity contribution in [1.82, 2.24) is 4.90 Å². The maximum absolute atomic E-state index is 10.1. The lowest BCUT2D eigenvalue weighted by Crippen LogP contribution is -2.35. The van der Waals surface area contributed by atoms with Crippen molar-refractivity contribution >= 4 is 0 Å². The predicted molar refractivity (Wildman–Crippen MR) is 69.0 cm³/mol. The highest BCUT2D eigenvalue weighted by Crippen LogP contribution is 2.29. The number of aliphatic hydroxyl groups is 1. The van der Waals surface area contributed by atoms with E-state index in [4.69, 9.17) is 4.74 Å². The second-order valence-corrected chi connectivity index (χ2v) is 5.89. The Morgan fingerprint density at radius 3 is 2.59 bits per heavy atom. The average molecular weight is 241 g/mol. The van der Waals surface area contributed by atoms with Gasteiger partial charge in [-0.1, -0.05) is 12.8 Å². The lowest BCUT2D eigenvalue weighted by molar-refractivity contribution is 0.0547. The minimum atomic E-state index is -0.133. The van der Waals surface area contributed by atoms with E-state index in [0.29, 0.717) is 5.92 Å². The normalized spacial score (nSPS) is 23.5. The van der Waals surface area contributed by atoms with Crippen LogP contribution in [0.25, 0.3) is 0 Å². The molecule has 0 aromatic rings. The second kappa shape index (κ2) is 6.72. The Kier molecular flexibility index (Phi) is 5.26. The minimum Gasteiger partial charge on any atom is -0.392 e. The van der Waals surface area contributed by atoms with Crippen LogP contribution >= 0.6 is 0 Å². The molecule has 0 amide bonds. The molecule has 0 spiro atoms. The number of rotatable bonds is 8. The van der Waals surface area contributed by atoms with Crippen molar-refractivity contribution in [1.29, 1.82) is 0 Å². The fourth-order valence-electron chi connectivity index (χ4n) is 2.66. The van der Waals surface area contributed by atoms with Crippen LogP contribution in [0.15, 0.2) is 0 Å². The van der Waals surface area contributed by atoms with Gasteiger partial charge in [-0.15, -0.1) is 0 Å². The van der Waals surface area contributed by atoms with Gasteiger partial charge in [-0.05, 0) is 44.6 Å². The molecule has 0 aromatic heterocycles. The zero-order valence-electron chi connectivity index (χ0n) is 11.1. The van der Waals surface area contributed by atoms with Crippen LogP contribution in [0.5, 0.6) is 0 Å². The van der Waals surface area contributed by atoms with Gasteiger partial charge in [0.15, 0.2) is 0 Å². The van der Waals surface area contributed by atoms with Crippen molar-refractivity contribution in [2.75, 3.05) is 33.4 Å². The number of ether oxygens (including phenoxy) is 1. The third kappa shape index (κ3) is 4.94. The molecule has 0 heterocycles. The molecule has 0 saturated heterocycles. The standard InChI is InChI=1S/C14H27NO2/c1-15(8-9-17-11-12-6-7-12)10-14(16)13-4-2-3-5-13/h12-14,16H,2-11H2,1H3. The van der Waals surface area contributed by atoms with E-state index in [2.05, 4.69) is 11.9 Å². The molecular weight excluding hydrogens is 214 g/mol. The number of aliphatic hydroxyl groups excluding tert-OH is 1. The Bertz CT molecular complexity index is 212. The summed E-state index contributed by atoms with van der Waals surface area (Å²) in [7, 11) is 2.08. The number of likely N-dealkylation sites (N-methyl/N-ethyl adjacent to an activating group) is 1. The SMILES string of the molecule is CN(CCOCC1CC1)CC(O)C1CCCC1. The van der Waals surface area contributed by atoms with Crippen LogP contribution in [-0.2, 0) is 4.74 Å². The van der Waals surface area contributed by atoms with E-state index in [1.807, 2.05) is 0 Å². The predicted octanol–water partition coefficient (Wildman–Crippen LogP) is 1.90. The van der Waals surface area contributed by atoms with Crippen molar-refractivity contribution in [3.05, 3.63) is 0 Å². The zero-order chi connectivity index (χ0) is 12.1. The lowest BCUT2D eigenvalue weighted by Gasteiger charge is -2.24. The average Bonchev–Trinajstić information content (AvgIpc) is 2.95. The molecule has 2 aliphatic carbocycles. The Balaban J connectivity index is 1.50. The van der Waals surface area contributed by atoms with E-state index in [1.165, 1.54) is 38.5 Å². The summed E-state index contributed by atoms with van der Waals surface area (Å²) in [6.07, 6.45) is 7.62. The molecule has 1 unspecified atom stereocenters. The molecule has 100 valence electrons. The Labute approximate surface area is 105 Å². The molecule has 2 aliphatic rings. The fourth-order valence-corrected chi connectivity index (χ4v) is 2.66. The minimum absolute atomic E-state index is 0.133. The van der Waals surface area contributed by atoms with Crippen molar-refractivity contribution in [2.24, 2.45) is 11.8 Å². The van der Waals surface area contributed by atoms with Crippen molar-refractivity contribution in [3.63, 3.8) is 0 Å². The first kappa shape index (κ1) is 13.3. The summed E-state index contributed by atoms with van der Waals surface area (Å²) in [4.78, 5) is 2.20. The second-order valence-electron chi connectivity index (χ2n) is 5.89. The summed E-state index contributed by atoms with van der Waals surface area (Å²) in [5, 5.41) is 10.1. The van der Waals surface area contributed by atoms with E-state index in [1.54, 1.807) is 0 Å². The highest BCUT2D eigenvalue weighted by molar-refractivity contribution is 4.76. The van der Waals surface area contributed by atoms with Crippen LogP contribution in [0.1, 0.15) is 38.5 Å². The first-order valence-electron chi connectivity index (χ1n) is 7.20. The molecule has 0 bridgehead atoms. The maximum atomic E-state index is 10.1. The highest BCUT2D eigenvalue weighted by atomic mass is 16.5. The summed E-state index contributed by atoms with van der Waals surface area (Å²) in [5.74, 6) is 1.40. The first-order chi connectivity index (χ1) is 8.25. The smallest absolute Gasteiger partial charge is 0.0695 e. The quantitative estimate of drug-likeness (QED) is 0.659. The molecule has 1 atom stereocenters. The van der Waals surface area contributed by atoms with Crippen LogP contribution < -0.4 is 0 Å². The Morgan fingerprint density at radius 2 is 1.94 bits per heavy atom. The van der Waals surface area contributed by atoms with Gasteiger partial charge in [-0.2, -0.15) is 0 Å². The monoisotopic (exact) mass is 241 g/mol. The lowest BCUT2D eigenvalue weighted by atomic mass is 10.0. The summed E-state index contributed by atoms with van der Waals surface area (Å²) >= 11 is 0. The van der Waals surface area contributed by atoms with Crippen LogP contribution in [0.4, 0.5) is 0 Å². The molecule has 2 saturated carbocycles. The van der Waals surface area contributed by atoms with Crippen molar-refractivity contribution in [2.45, 2.75) is 44.6 Å². The molecule has 3 nitrogen and oxygen atoms in total. The first-order valence-corrected chi connectivity index (χ1v) is 7.20. The maximum Gasteiger partial charge on any atom is 0.0695 e. The fraction of sp³-hybridized carbons (Fsp3) is 1.00. The van der Waals surface area contributed by atoms with Gasteiger partial charge < -0.3 is 14.7 Å². The van der Waals surface area contributed by atoms with Gasteiger partial charge in [0.2, 0.25) is 0 Å². The van der Waals surface area contributed by atoms with Crippen LogP contribution in [0, 0.1) is 11.8 Å². The van der Waals surface area contributed by atoms with Crippen LogP contribution in [0.2, 0.25) is 0 Å². The summed E-state index contributed by atoms with van der Waals surface area (Å²) in [6.45, 7) is 3.50. The van der Waals surface area contributed by atoms with Gasteiger partial charge in [0.1, 0.15) is 0 Å².